The van der Waals surface area contributed by atoms with E-state index in [4.69, 9.17) is 10.7 Å². The van der Waals surface area contributed by atoms with E-state index in [1.165, 1.54) is 22.8 Å². The molecule has 0 spiro atoms. The molecule has 0 aliphatic rings. The molecule has 21 heavy (non-hydrogen) atoms. The molecule has 0 amide bonds. The highest BCUT2D eigenvalue weighted by Gasteiger charge is 2.30. The van der Waals surface area contributed by atoms with Crippen molar-refractivity contribution in [3.63, 3.8) is 0 Å². The third-order valence-corrected chi connectivity index (χ3v) is 4.42. The van der Waals surface area contributed by atoms with E-state index in [2.05, 4.69) is 26.1 Å². The maximum absolute atomic E-state index is 13.3. The van der Waals surface area contributed by atoms with Crippen LogP contribution in [-0.2, 0) is 14.6 Å². The van der Waals surface area contributed by atoms with Crippen molar-refractivity contribution >= 4 is 35.7 Å². The summed E-state index contributed by atoms with van der Waals surface area (Å²) in [7, 11) is 1.36. The van der Waals surface area contributed by atoms with Gasteiger partial charge in [0.05, 0.1) is 4.47 Å². The average molecular weight is 397 g/mol. The highest BCUT2D eigenvalue weighted by atomic mass is 79.9. The van der Waals surface area contributed by atoms with Gasteiger partial charge in [-0.1, -0.05) is 0 Å². The number of halogens is 3. The highest BCUT2D eigenvalue weighted by molar-refractivity contribution is 9.10. The minimum atomic E-state index is -4.05. The third-order valence-electron chi connectivity index (χ3n) is 2.70. The second-order valence-corrected chi connectivity index (χ2v) is 8.69. The normalized spacial score (nSPS) is 12.7. The van der Waals surface area contributed by atoms with Crippen LogP contribution in [0.15, 0.2) is 27.8 Å². The zero-order valence-electron chi connectivity index (χ0n) is 11.4. The Morgan fingerprint density at radius 1 is 1.29 bits per heavy atom. The Kier molecular flexibility index (Phi) is 4.16. The first-order valence-corrected chi connectivity index (χ1v) is 8.98. The Hall–Kier alpha value is -0.990. The van der Waals surface area contributed by atoms with Crippen molar-refractivity contribution in [3.05, 3.63) is 28.5 Å². The standard InChI is InChI=1S/C12H12BrClFN3O2S/c1-12(2,3)18-10(16-17-11(18)21(14,19)20)7-4-5-9(15)8(13)6-7/h4-6H,1-3H3. The van der Waals surface area contributed by atoms with Crippen molar-refractivity contribution < 1.29 is 12.8 Å². The van der Waals surface area contributed by atoms with Gasteiger partial charge in [-0.2, -0.15) is 0 Å². The van der Waals surface area contributed by atoms with Crippen LogP contribution in [0.4, 0.5) is 4.39 Å². The van der Waals surface area contributed by atoms with Crippen LogP contribution in [0.2, 0.25) is 0 Å². The second-order valence-electron chi connectivity index (χ2n) is 5.38. The van der Waals surface area contributed by atoms with Crippen LogP contribution in [0.1, 0.15) is 20.8 Å². The van der Waals surface area contributed by atoms with Gasteiger partial charge in [0.15, 0.2) is 5.82 Å². The smallest absolute Gasteiger partial charge is 0.291 e. The van der Waals surface area contributed by atoms with Gasteiger partial charge in [-0.15, -0.1) is 10.2 Å². The van der Waals surface area contributed by atoms with Crippen LogP contribution in [0.25, 0.3) is 11.4 Å². The minimum absolute atomic E-state index is 0.249. The molecule has 0 bridgehead atoms. The maximum Gasteiger partial charge on any atom is 0.296 e. The van der Waals surface area contributed by atoms with E-state index in [9.17, 15) is 12.8 Å². The Balaban J connectivity index is 2.76. The summed E-state index contributed by atoms with van der Waals surface area (Å²) >= 11 is 3.09. The molecule has 9 heteroatoms. The molecule has 0 N–H and O–H groups in total. The van der Waals surface area contributed by atoms with E-state index in [1.807, 2.05) is 0 Å². The van der Waals surface area contributed by atoms with Gasteiger partial charge < -0.3 is 0 Å². The van der Waals surface area contributed by atoms with Crippen LogP contribution in [-0.4, -0.2) is 23.2 Å². The van der Waals surface area contributed by atoms with Gasteiger partial charge in [0.25, 0.3) is 14.2 Å². The van der Waals surface area contributed by atoms with Crippen molar-refractivity contribution in [1.29, 1.82) is 0 Å². The van der Waals surface area contributed by atoms with Gasteiger partial charge in [-0.3, -0.25) is 4.57 Å². The lowest BCUT2D eigenvalue weighted by Gasteiger charge is -2.24. The van der Waals surface area contributed by atoms with E-state index in [1.54, 1.807) is 20.8 Å². The summed E-state index contributed by atoms with van der Waals surface area (Å²) in [6, 6.07) is 4.26. The molecule has 1 aromatic heterocycles. The monoisotopic (exact) mass is 395 g/mol. The zero-order chi connectivity index (χ0) is 16.0. The second kappa shape index (κ2) is 5.33. The summed E-state index contributed by atoms with van der Waals surface area (Å²) in [5.74, 6) is -0.131. The molecule has 0 atom stereocenters. The van der Waals surface area contributed by atoms with Crippen LogP contribution in [0.3, 0.4) is 0 Å². The summed E-state index contributed by atoms with van der Waals surface area (Å²) in [5.41, 5.74) is -0.103. The molecular weight excluding hydrogens is 385 g/mol. The Labute approximate surface area is 134 Å². The van der Waals surface area contributed by atoms with Crippen LogP contribution in [0.5, 0.6) is 0 Å². The van der Waals surface area contributed by atoms with Crippen molar-refractivity contribution in [1.82, 2.24) is 14.8 Å². The first kappa shape index (κ1) is 16.4. The maximum atomic E-state index is 13.3. The molecule has 1 aromatic carbocycles. The van der Waals surface area contributed by atoms with Crippen LogP contribution < -0.4 is 0 Å². The molecule has 2 rings (SSSR count). The predicted molar refractivity (Wildman–Crippen MR) is 81.2 cm³/mol. The molecule has 5 nitrogen and oxygen atoms in total. The van der Waals surface area contributed by atoms with Crippen molar-refractivity contribution in [2.75, 3.05) is 0 Å². The topological polar surface area (TPSA) is 64.8 Å². The minimum Gasteiger partial charge on any atom is -0.291 e. The first-order chi connectivity index (χ1) is 9.51. The molecule has 0 radical (unpaired) electrons. The van der Waals surface area contributed by atoms with E-state index in [0.717, 1.165) is 0 Å². The summed E-state index contributed by atoms with van der Waals surface area (Å²) in [6.45, 7) is 5.39. The molecule has 0 saturated heterocycles. The summed E-state index contributed by atoms with van der Waals surface area (Å²) in [6.07, 6.45) is 0. The Morgan fingerprint density at radius 2 is 1.90 bits per heavy atom. The SMILES string of the molecule is CC(C)(C)n1c(-c2ccc(F)c(Br)c2)nnc1S(=O)(=O)Cl. The summed E-state index contributed by atoms with van der Waals surface area (Å²) in [4.78, 5) is 0. The molecular formula is C12H12BrClFN3O2S. The fourth-order valence-corrected chi connectivity index (χ4v) is 3.25. The molecule has 0 unspecified atom stereocenters. The summed E-state index contributed by atoms with van der Waals surface area (Å²) < 4.78 is 38.3. The highest BCUT2D eigenvalue weighted by Crippen LogP contribution is 2.31. The molecule has 0 aliphatic heterocycles. The molecule has 0 aliphatic carbocycles. The van der Waals surface area contributed by atoms with Crippen LogP contribution in [0, 0.1) is 5.82 Å². The molecule has 1 heterocycles. The lowest BCUT2D eigenvalue weighted by atomic mass is 10.1. The molecule has 0 saturated carbocycles. The number of benzene rings is 1. The number of hydrogen-bond acceptors (Lipinski definition) is 4. The number of rotatable bonds is 2. The van der Waals surface area contributed by atoms with E-state index < -0.39 is 20.4 Å². The quantitative estimate of drug-likeness (QED) is 0.729. The van der Waals surface area contributed by atoms with Crippen molar-refractivity contribution in [2.24, 2.45) is 0 Å². The van der Waals surface area contributed by atoms with Gasteiger partial charge in [-0.05, 0) is 54.9 Å². The number of nitrogens with zero attached hydrogens (tertiary/aromatic N) is 3. The van der Waals surface area contributed by atoms with E-state index in [-0.39, 0.29) is 9.63 Å². The largest absolute Gasteiger partial charge is 0.296 e. The van der Waals surface area contributed by atoms with Gasteiger partial charge in [0.2, 0.25) is 0 Å². The Morgan fingerprint density at radius 3 is 2.38 bits per heavy atom. The fraction of sp³-hybridized carbons (Fsp3) is 0.333. The van der Waals surface area contributed by atoms with Gasteiger partial charge in [0, 0.05) is 21.8 Å². The molecule has 114 valence electrons. The predicted octanol–water partition coefficient (Wildman–Crippen LogP) is 3.53. The first-order valence-electron chi connectivity index (χ1n) is 5.88. The van der Waals surface area contributed by atoms with Crippen LogP contribution >= 0.6 is 26.6 Å². The summed E-state index contributed by atoms with van der Waals surface area (Å²) in [5, 5.41) is 7.22. The van der Waals surface area contributed by atoms with Gasteiger partial charge in [-0.25, -0.2) is 12.8 Å². The van der Waals surface area contributed by atoms with Gasteiger partial charge in [0.1, 0.15) is 5.82 Å². The average Bonchev–Trinajstić information content (AvgIpc) is 2.76. The molecule has 2 aromatic rings. The zero-order valence-corrected chi connectivity index (χ0v) is 14.6. The number of aromatic nitrogens is 3. The van der Waals surface area contributed by atoms with Gasteiger partial charge >= 0.3 is 0 Å². The van der Waals surface area contributed by atoms with Crippen molar-refractivity contribution in [2.45, 2.75) is 31.5 Å². The fourth-order valence-electron chi connectivity index (χ4n) is 1.85. The number of hydrogen-bond donors (Lipinski definition) is 0. The lowest BCUT2D eigenvalue weighted by molar-refractivity contribution is 0.367. The lowest BCUT2D eigenvalue weighted by Crippen LogP contribution is -2.25. The Bertz CT molecular complexity index is 799. The van der Waals surface area contributed by atoms with E-state index >= 15 is 0 Å². The van der Waals surface area contributed by atoms with E-state index in [0.29, 0.717) is 11.4 Å². The third kappa shape index (κ3) is 3.27. The molecule has 0 fully saturated rings. The van der Waals surface area contributed by atoms with Crippen molar-refractivity contribution in [3.8, 4) is 11.4 Å².